The number of carbonyl (C=O) groups excluding carboxylic acids is 3. The minimum absolute atomic E-state index is 0.0246. The van der Waals surface area contributed by atoms with E-state index in [1.54, 1.807) is 0 Å². The Morgan fingerprint density at radius 1 is 1.00 bits per heavy atom. The smallest absolute Gasteiger partial charge is 0.340 e. The van der Waals surface area contributed by atoms with Gasteiger partial charge in [0.1, 0.15) is 5.75 Å². The highest BCUT2D eigenvalue weighted by Gasteiger charge is 2.20. The maximum absolute atomic E-state index is 12.7. The van der Waals surface area contributed by atoms with Gasteiger partial charge in [0.05, 0.1) is 23.3 Å². The number of hydrogen-bond donors (Lipinski definition) is 3. The molecule has 0 radical (unpaired) electrons. The summed E-state index contributed by atoms with van der Waals surface area (Å²) in [5.74, 6) is -1.07. The predicted molar refractivity (Wildman–Crippen MR) is 117 cm³/mol. The Morgan fingerprint density at radius 2 is 1.66 bits per heavy atom. The van der Waals surface area contributed by atoms with Crippen molar-refractivity contribution in [3.63, 3.8) is 0 Å². The van der Waals surface area contributed by atoms with Gasteiger partial charge in [-0.05, 0) is 42.3 Å². The highest BCUT2D eigenvalue weighted by atomic mass is 32.2. The third kappa shape index (κ3) is 7.27. The summed E-state index contributed by atoms with van der Waals surface area (Å²) in [5.41, 5.74) is -0.120. The first-order chi connectivity index (χ1) is 15.1. The largest absolute Gasteiger partial charge is 0.497 e. The molecule has 32 heavy (non-hydrogen) atoms. The van der Waals surface area contributed by atoms with Crippen LogP contribution in [0.2, 0.25) is 0 Å². The fourth-order valence-corrected chi connectivity index (χ4v) is 3.50. The van der Waals surface area contributed by atoms with E-state index in [1.165, 1.54) is 55.6 Å². The highest BCUT2D eigenvalue weighted by molar-refractivity contribution is 7.92. The maximum Gasteiger partial charge on any atom is 0.340 e. The second-order valence-corrected chi connectivity index (χ2v) is 8.74. The van der Waals surface area contributed by atoms with Crippen molar-refractivity contribution in [2.45, 2.75) is 18.7 Å². The second kappa shape index (κ2) is 11.1. The monoisotopic (exact) mass is 463 g/mol. The molecule has 0 aliphatic carbocycles. The third-order valence-corrected chi connectivity index (χ3v) is 5.40. The number of methoxy groups -OCH3 is 1. The van der Waals surface area contributed by atoms with Gasteiger partial charge < -0.3 is 14.8 Å². The minimum Gasteiger partial charge on any atom is -0.497 e. The van der Waals surface area contributed by atoms with Crippen LogP contribution in [0, 0.1) is 5.92 Å². The molecular weight excluding hydrogens is 438 g/mol. The van der Waals surface area contributed by atoms with Crippen LogP contribution in [0.5, 0.6) is 5.75 Å². The number of benzene rings is 2. The molecule has 0 bridgehead atoms. The Bertz CT molecular complexity index is 1070. The molecule has 0 atom stereocenters. The van der Waals surface area contributed by atoms with E-state index in [0.717, 1.165) is 0 Å². The molecule has 11 heteroatoms. The Labute approximate surface area is 186 Å². The van der Waals surface area contributed by atoms with Crippen molar-refractivity contribution in [3.05, 3.63) is 54.1 Å². The molecule has 2 rings (SSSR count). The van der Waals surface area contributed by atoms with E-state index in [2.05, 4.69) is 10.0 Å². The van der Waals surface area contributed by atoms with Crippen LogP contribution in [-0.4, -0.2) is 46.6 Å². The van der Waals surface area contributed by atoms with Crippen molar-refractivity contribution >= 4 is 33.6 Å². The Morgan fingerprint density at radius 3 is 2.28 bits per heavy atom. The average molecular weight is 464 g/mol. The van der Waals surface area contributed by atoms with Crippen LogP contribution in [0.4, 0.5) is 10.5 Å². The number of amides is 3. The number of rotatable bonds is 9. The lowest BCUT2D eigenvalue weighted by molar-refractivity contribution is -0.123. The number of imide groups is 1. The average Bonchev–Trinajstić information content (AvgIpc) is 2.76. The normalized spacial score (nSPS) is 10.9. The van der Waals surface area contributed by atoms with E-state index in [1.807, 2.05) is 19.2 Å². The molecule has 0 aromatic heterocycles. The van der Waals surface area contributed by atoms with Gasteiger partial charge in [-0.25, -0.2) is 18.0 Å². The molecule has 0 spiro atoms. The maximum atomic E-state index is 12.7. The zero-order valence-electron chi connectivity index (χ0n) is 17.9. The van der Waals surface area contributed by atoms with Crippen LogP contribution in [-0.2, 0) is 19.6 Å². The topological polar surface area (TPSA) is 140 Å². The molecule has 172 valence electrons. The van der Waals surface area contributed by atoms with Gasteiger partial charge >= 0.3 is 12.0 Å². The van der Waals surface area contributed by atoms with Gasteiger partial charge in [-0.15, -0.1) is 0 Å². The zero-order chi connectivity index (χ0) is 23.7. The number of para-hydroxylation sites is 1. The van der Waals surface area contributed by atoms with Gasteiger partial charge in [-0.2, -0.15) is 0 Å². The fraction of sp³-hybridized carbons (Fsp3) is 0.286. The van der Waals surface area contributed by atoms with Crippen molar-refractivity contribution in [2.75, 3.05) is 25.0 Å². The van der Waals surface area contributed by atoms with Gasteiger partial charge in [0.25, 0.3) is 15.9 Å². The SMILES string of the molecule is COc1ccc(S(=O)(=O)Nc2ccccc2C(=O)OCC(=O)NC(=O)NCC(C)C)cc1. The number of hydrogen-bond acceptors (Lipinski definition) is 7. The van der Waals surface area contributed by atoms with Gasteiger partial charge in [-0.1, -0.05) is 26.0 Å². The van der Waals surface area contributed by atoms with Crippen LogP contribution in [0.3, 0.4) is 0 Å². The van der Waals surface area contributed by atoms with Gasteiger partial charge in [0, 0.05) is 6.54 Å². The molecule has 0 unspecified atom stereocenters. The number of nitrogens with one attached hydrogen (secondary N) is 3. The van der Waals surface area contributed by atoms with E-state index < -0.39 is 34.5 Å². The molecule has 3 amide bonds. The van der Waals surface area contributed by atoms with Crippen LogP contribution in [0.25, 0.3) is 0 Å². The molecule has 0 aliphatic rings. The quantitative estimate of drug-likeness (QED) is 0.484. The van der Waals surface area contributed by atoms with Gasteiger partial charge in [-0.3, -0.25) is 14.8 Å². The molecule has 2 aromatic carbocycles. The van der Waals surface area contributed by atoms with E-state index in [0.29, 0.717) is 12.3 Å². The first-order valence-corrected chi connectivity index (χ1v) is 11.1. The molecule has 0 saturated heterocycles. The van der Waals surface area contributed by atoms with Gasteiger partial charge in [0.15, 0.2) is 6.61 Å². The molecule has 0 heterocycles. The number of anilines is 1. The summed E-state index contributed by atoms with van der Waals surface area (Å²) in [6.07, 6.45) is 0. The van der Waals surface area contributed by atoms with Crippen molar-refractivity contribution in [1.82, 2.24) is 10.6 Å². The molecule has 2 aromatic rings. The van der Waals surface area contributed by atoms with Crippen LogP contribution < -0.4 is 20.1 Å². The first kappa shape index (κ1) is 24.7. The van der Waals surface area contributed by atoms with E-state index in [9.17, 15) is 22.8 Å². The summed E-state index contributed by atoms with van der Waals surface area (Å²) in [7, 11) is -2.54. The number of sulfonamides is 1. The standard InChI is InChI=1S/C21H25N3O7S/c1-14(2)12-22-21(27)23-19(25)13-31-20(26)17-6-4-5-7-18(17)24-32(28,29)16-10-8-15(30-3)9-11-16/h4-11,14,24H,12-13H2,1-3H3,(H2,22,23,25,27). The summed E-state index contributed by atoms with van der Waals surface area (Å²) >= 11 is 0. The van der Waals surface area contributed by atoms with Crippen LogP contribution in [0.1, 0.15) is 24.2 Å². The lowest BCUT2D eigenvalue weighted by atomic mass is 10.2. The summed E-state index contributed by atoms with van der Waals surface area (Å²) in [6.45, 7) is 3.45. The summed E-state index contributed by atoms with van der Waals surface area (Å²) in [6, 6.07) is 10.8. The Kier molecular flexibility index (Phi) is 8.59. The summed E-state index contributed by atoms with van der Waals surface area (Å²) < 4.78 is 37.6. The lowest BCUT2D eigenvalue weighted by Crippen LogP contribution is -2.42. The molecule has 0 aliphatic heterocycles. The lowest BCUT2D eigenvalue weighted by Gasteiger charge is -2.13. The van der Waals surface area contributed by atoms with Gasteiger partial charge in [0.2, 0.25) is 0 Å². The summed E-state index contributed by atoms with van der Waals surface area (Å²) in [4.78, 5) is 35.8. The van der Waals surface area contributed by atoms with Crippen molar-refractivity contribution in [3.8, 4) is 5.75 Å². The number of ether oxygens (including phenoxy) is 2. The Hall–Kier alpha value is -3.60. The Balaban J connectivity index is 2.03. The minimum atomic E-state index is -4.00. The van der Waals surface area contributed by atoms with E-state index in [-0.39, 0.29) is 22.1 Å². The number of urea groups is 1. The van der Waals surface area contributed by atoms with Crippen molar-refractivity contribution < 1.29 is 32.3 Å². The first-order valence-electron chi connectivity index (χ1n) is 9.63. The van der Waals surface area contributed by atoms with Crippen molar-refractivity contribution in [1.29, 1.82) is 0 Å². The molecule has 0 saturated carbocycles. The van der Waals surface area contributed by atoms with Crippen molar-refractivity contribution in [2.24, 2.45) is 5.92 Å². The molecule has 3 N–H and O–H groups in total. The number of carbonyl (C=O) groups is 3. The predicted octanol–water partition coefficient (Wildman–Crippen LogP) is 2.13. The summed E-state index contributed by atoms with van der Waals surface area (Å²) in [5, 5.41) is 4.53. The fourth-order valence-electron chi connectivity index (χ4n) is 2.42. The third-order valence-electron chi connectivity index (χ3n) is 4.02. The molecule has 0 fully saturated rings. The highest BCUT2D eigenvalue weighted by Crippen LogP contribution is 2.22. The van der Waals surface area contributed by atoms with Crippen LogP contribution in [0.15, 0.2) is 53.4 Å². The molecule has 10 nitrogen and oxygen atoms in total. The molecular formula is C21H25N3O7S. The van der Waals surface area contributed by atoms with E-state index in [4.69, 9.17) is 9.47 Å². The van der Waals surface area contributed by atoms with Crippen LogP contribution >= 0.6 is 0 Å². The van der Waals surface area contributed by atoms with E-state index >= 15 is 0 Å². The second-order valence-electron chi connectivity index (χ2n) is 7.05. The number of esters is 1. The zero-order valence-corrected chi connectivity index (χ0v) is 18.7.